The minimum atomic E-state index is -0.711. The van der Waals surface area contributed by atoms with E-state index < -0.39 is 6.04 Å². The predicted molar refractivity (Wildman–Crippen MR) is 147 cm³/mol. The largest absolute Gasteiger partial charge is 0.497 e. The van der Waals surface area contributed by atoms with Crippen LogP contribution in [0.4, 0.5) is 0 Å². The first-order valence-corrected chi connectivity index (χ1v) is 12.8. The molecule has 0 aromatic heterocycles. The van der Waals surface area contributed by atoms with Gasteiger partial charge >= 0.3 is 0 Å². The summed E-state index contributed by atoms with van der Waals surface area (Å²) < 4.78 is 11.4. The van der Waals surface area contributed by atoms with Gasteiger partial charge in [-0.3, -0.25) is 9.59 Å². The fourth-order valence-electron chi connectivity index (χ4n) is 4.05. The van der Waals surface area contributed by atoms with Crippen molar-refractivity contribution >= 4 is 11.8 Å². The van der Waals surface area contributed by atoms with E-state index in [1.165, 1.54) is 0 Å². The lowest BCUT2D eigenvalue weighted by Crippen LogP contribution is -2.53. The van der Waals surface area contributed by atoms with Crippen LogP contribution in [0.25, 0.3) is 0 Å². The average molecular weight is 503 g/mol. The molecule has 6 heteroatoms. The van der Waals surface area contributed by atoms with Gasteiger partial charge in [-0.1, -0.05) is 61.5 Å². The highest BCUT2D eigenvalue weighted by molar-refractivity contribution is 5.88. The van der Waals surface area contributed by atoms with Crippen molar-refractivity contribution in [1.29, 1.82) is 0 Å². The van der Waals surface area contributed by atoms with E-state index in [0.29, 0.717) is 17.9 Å². The van der Waals surface area contributed by atoms with Gasteiger partial charge in [0.05, 0.1) is 7.11 Å². The van der Waals surface area contributed by atoms with E-state index >= 15 is 0 Å². The highest BCUT2D eigenvalue weighted by Crippen LogP contribution is 2.21. The average Bonchev–Trinajstić information content (AvgIpc) is 2.91. The molecule has 2 amide bonds. The Morgan fingerprint density at radius 3 is 2.38 bits per heavy atom. The summed E-state index contributed by atoms with van der Waals surface area (Å²) in [5.41, 5.74) is 3.85. The standard InChI is InChI=1S/C31H38N2O4/c1-6-24(4)32-31(35)28(19-25-11-8-7-9-12-25)33(20-26-13-10-14-27(18-26)36-5)30(34)21-37-29-17-22(2)15-16-23(29)3/h7-18,24,28H,6,19-21H2,1-5H3,(H,32,35)/t24-,28+/m1/s1. The zero-order chi connectivity index (χ0) is 26.8. The molecule has 0 unspecified atom stereocenters. The summed E-state index contributed by atoms with van der Waals surface area (Å²) in [7, 11) is 1.61. The Kier molecular flexibility index (Phi) is 10.1. The van der Waals surface area contributed by atoms with Crippen LogP contribution in [-0.2, 0) is 22.6 Å². The number of carbonyl (C=O) groups excluding carboxylic acids is 2. The number of methoxy groups -OCH3 is 1. The summed E-state index contributed by atoms with van der Waals surface area (Å²) >= 11 is 0. The first kappa shape index (κ1) is 27.8. The third kappa shape index (κ3) is 8.10. The van der Waals surface area contributed by atoms with Gasteiger partial charge in [-0.15, -0.1) is 0 Å². The molecule has 0 saturated carbocycles. The normalized spacial score (nSPS) is 12.4. The van der Waals surface area contributed by atoms with Gasteiger partial charge in [-0.25, -0.2) is 0 Å². The van der Waals surface area contributed by atoms with E-state index in [4.69, 9.17) is 9.47 Å². The molecular formula is C31H38N2O4. The Morgan fingerprint density at radius 2 is 1.68 bits per heavy atom. The van der Waals surface area contributed by atoms with Gasteiger partial charge in [0, 0.05) is 19.0 Å². The molecule has 196 valence electrons. The number of nitrogens with zero attached hydrogens (tertiary/aromatic N) is 1. The molecule has 3 aromatic carbocycles. The molecule has 3 rings (SSSR count). The summed E-state index contributed by atoms with van der Waals surface area (Å²) in [4.78, 5) is 29.0. The fraction of sp³-hybridized carbons (Fsp3) is 0.355. The third-order valence-corrected chi connectivity index (χ3v) is 6.45. The van der Waals surface area contributed by atoms with Crippen LogP contribution in [0.5, 0.6) is 11.5 Å². The van der Waals surface area contributed by atoms with Gasteiger partial charge in [-0.05, 0) is 67.6 Å². The van der Waals surface area contributed by atoms with Crippen molar-refractivity contribution in [2.75, 3.05) is 13.7 Å². The first-order valence-electron chi connectivity index (χ1n) is 12.8. The van der Waals surface area contributed by atoms with Crippen molar-refractivity contribution in [2.24, 2.45) is 0 Å². The zero-order valence-corrected chi connectivity index (χ0v) is 22.5. The highest BCUT2D eigenvalue weighted by Gasteiger charge is 2.31. The number of hydrogen-bond donors (Lipinski definition) is 1. The van der Waals surface area contributed by atoms with Crippen LogP contribution in [0.15, 0.2) is 72.8 Å². The van der Waals surface area contributed by atoms with Crippen molar-refractivity contribution in [2.45, 2.75) is 59.2 Å². The summed E-state index contributed by atoms with van der Waals surface area (Å²) in [6.45, 7) is 8.00. The van der Waals surface area contributed by atoms with Crippen molar-refractivity contribution in [3.05, 3.63) is 95.1 Å². The van der Waals surface area contributed by atoms with E-state index in [2.05, 4.69) is 5.32 Å². The maximum Gasteiger partial charge on any atom is 0.261 e. The summed E-state index contributed by atoms with van der Waals surface area (Å²) in [6, 6.07) is 22.5. The maximum absolute atomic E-state index is 13.8. The lowest BCUT2D eigenvalue weighted by Gasteiger charge is -2.32. The van der Waals surface area contributed by atoms with Crippen LogP contribution in [0, 0.1) is 13.8 Å². The Balaban J connectivity index is 1.95. The minimum Gasteiger partial charge on any atom is -0.497 e. The lowest BCUT2D eigenvalue weighted by atomic mass is 10.0. The van der Waals surface area contributed by atoms with E-state index in [1.54, 1.807) is 12.0 Å². The van der Waals surface area contributed by atoms with Gasteiger partial charge in [0.1, 0.15) is 17.5 Å². The van der Waals surface area contributed by atoms with E-state index in [-0.39, 0.29) is 31.0 Å². The summed E-state index contributed by atoms with van der Waals surface area (Å²) in [6.07, 6.45) is 1.19. The molecule has 2 atom stereocenters. The second-order valence-corrected chi connectivity index (χ2v) is 9.45. The van der Waals surface area contributed by atoms with Crippen molar-refractivity contribution in [3.63, 3.8) is 0 Å². The molecule has 0 radical (unpaired) electrons. The molecule has 0 aliphatic heterocycles. The number of ether oxygens (including phenoxy) is 2. The number of amides is 2. The van der Waals surface area contributed by atoms with Gasteiger partial charge < -0.3 is 19.7 Å². The predicted octanol–water partition coefficient (Wildman–Crippen LogP) is 5.25. The van der Waals surface area contributed by atoms with Crippen molar-refractivity contribution in [3.8, 4) is 11.5 Å². The molecule has 37 heavy (non-hydrogen) atoms. The number of rotatable bonds is 12. The zero-order valence-electron chi connectivity index (χ0n) is 22.5. The van der Waals surface area contributed by atoms with Crippen molar-refractivity contribution < 1.29 is 19.1 Å². The second-order valence-electron chi connectivity index (χ2n) is 9.45. The van der Waals surface area contributed by atoms with Gasteiger partial charge in [0.2, 0.25) is 5.91 Å². The maximum atomic E-state index is 13.8. The number of carbonyl (C=O) groups is 2. The molecule has 1 N–H and O–H groups in total. The monoisotopic (exact) mass is 502 g/mol. The third-order valence-electron chi connectivity index (χ3n) is 6.45. The van der Waals surface area contributed by atoms with E-state index in [1.807, 2.05) is 100 Å². The summed E-state index contributed by atoms with van der Waals surface area (Å²) in [5.74, 6) is 0.920. The highest BCUT2D eigenvalue weighted by atomic mass is 16.5. The van der Waals surface area contributed by atoms with Crippen LogP contribution in [0.3, 0.4) is 0 Å². The van der Waals surface area contributed by atoms with Gasteiger partial charge in [0.15, 0.2) is 6.61 Å². The van der Waals surface area contributed by atoms with Crippen LogP contribution in [0.1, 0.15) is 42.5 Å². The fourth-order valence-corrected chi connectivity index (χ4v) is 4.05. The quantitative estimate of drug-likeness (QED) is 0.368. The molecule has 0 heterocycles. The van der Waals surface area contributed by atoms with Crippen LogP contribution >= 0.6 is 0 Å². The molecular weight excluding hydrogens is 464 g/mol. The number of benzene rings is 3. The number of nitrogens with one attached hydrogen (secondary N) is 1. The van der Waals surface area contributed by atoms with Crippen LogP contribution in [-0.4, -0.2) is 42.5 Å². The number of hydrogen-bond acceptors (Lipinski definition) is 4. The Bertz CT molecular complexity index is 1180. The lowest BCUT2D eigenvalue weighted by molar-refractivity contribution is -0.143. The number of aryl methyl sites for hydroxylation is 2. The SMILES string of the molecule is CC[C@@H](C)NC(=O)[C@H](Cc1ccccc1)N(Cc1cccc(OC)c1)C(=O)COc1cc(C)ccc1C. The molecule has 0 fully saturated rings. The van der Waals surface area contributed by atoms with Crippen molar-refractivity contribution in [1.82, 2.24) is 10.2 Å². The van der Waals surface area contributed by atoms with E-state index in [9.17, 15) is 9.59 Å². The summed E-state index contributed by atoms with van der Waals surface area (Å²) in [5, 5.41) is 3.09. The Morgan fingerprint density at radius 1 is 0.946 bits per heavy atom. The second kappa shape index (κ2) is 13.5. The molecule has 0 saturated heterocycles. The molecule has 6 nitrogen and oxygen atoms in total. The smallest absolute Gasteiger partial charge is 0.261 e. The molecule has 0 aliphatic carbocycles. The van der Waals surface area contributed by atoms with Gasteiger partial charge in [-0.2, -0.15) is 0 Å². The van der Waals surface area contributed by atoms with Crippen LogP contribution in [0.2, 0.25) is 0 Å². The molecule has 0 bridgehead atoms. The van der Waals surface area contributed by atoms with E-state index in [0.717, 1.165) is 28.7 Å². The molecule has 0 spiro atoms. The van der Waals surface area contributed by atoms with Crippen LogP contribution < -0.4 is 14.8 Å². The molecule has 0 aliphatic rings. The first-order chi connectivity index (χ1) is 17.8. The topological polar surface area (TPSA) is 67.9 Å². The Hall–Kier alpha value is -3.80. The Labute approximate surface area is 220 Å². The van der Waals surface area contributed by atoms with Gasteiger partial charge in [0.25, 0.3) is 5.91 Å². The minimum absolute atomic E-state index is 0.00858. The molecule has 3 aromatic rings.